The Morgan fingerprint density at radius 3 is 1.90 bits per heavy atom. The predicted molar refractivity (Wildman–Crippen MR) is 91.7 cm³/mol. The summed E-state index contributed by atoms with van der Waals surface area (Å²) in [6.45, 7) is 10.8. The first kappa shape index (κ1) is 19.9. The number of rotatable bonds is 6. The van der Waals surface area contributed by atoms with E-state index in [1.165, 1.54) is 5.56 Å². The highest BCUT2D eigenvalue weighted by Gasteiger charge is 2.20. The van der Waals surface area contributed by atoms with E-state index in [4.69, 9.17) is 5.73 Å². The lowest BCUT2D eigenvalue weighted by atomic mass is 9.93. The largest absolute Gasteiger partial charge is 0.349 e. The number of carbonyl (C=O) groups excluding carboxylic acids is 1. The van der Waals surface area contributed by atoms with Gasteiger partial charge in [0, 0.05) is 12.5 Å². The molecule has 0 saturated carbocycles. The van der Waals surface area contributed by atoms with Crippen molar-refractivity contribution in [3.63, 3.8) is 0 Å². The van der Waals surface area contributed by atoms with Gasteiger partial charge < -0.3 is 11.1 Å². The smallest absolute Gasteiger partial charge is 0.224 e. The standard InChI is InChI=1S/C17H28N2O.ClH/c1-11(2)14-6-8-15(9-7-14)16(12(3)4)19-17(20)13(5)10-18;/h6-9,11-13,16H,10,18H2,1-5H3,(H,19,20);1H. The Bertz CT molecular complexity index is 429. The molecule has 21 heavy (non-hydrogen) atoms. The van der Waals surface area contributed by atoms with Gasteiger partial charge in [-0.05, 0) is 23.0 Å². The summed E-state index contributed by atoms with van der Waals surface area (Å²) in [6, 6.07) is 8.57. The molecule has 0 aliphatic carbocycles. The first-order valence-electron chi connectivity index (χ1n) is 7.47. The van der Waals surface area contributed by atoms with Gasteiger partial charge in [-0.2, -0.15) is 0 Å². The van der Waals surface area contributed by atoms with Gasteiger partial charge in [0.2, 0.25) is 5.91 Å². The van der Waals surface area contributed by atoms with Crippen molar-refractivity contribution in [1.29, 1.82) is 0 Å². The Morgan fingerprint density at radius 2 is 1.52 bits per heavy atom. The molecule has 3 N–H and O–H groups in total. The Morgan fingerprint density at radius 1 is 1.05 bits per heavy atom. The van der Waals surface area contributed by atoms with Crippen molar-refractivity contribution in [3.05, 3.63) is 35.4 Å². The average molecular weight is 313 g/mol. The zero-order valence-electron chi connectivity index (χ0n) is 13.7. The molecule has 120 valence electrons. The molecule has 0 saturated heterocycles. The van der Waals surface area contributed by atoms with Crippen LogP contribution >= 0.6 is 12.4 Å². The molecular formula is C17H29ClN2O. The third kappa shape index (κ3) is 5.68. The van der Waals surface area contributed by atoms with Gasteiger partial charge in [0.15, 0.2) is 0 Å². The maximum absolute atomic E-state index is 12.0. The third-order valence-corrected chi connectivity index (χ3v) is 3.73. The number of hydrogen-bond donors (Lipinski definition) is 2. The molecule has 2 atom stereocenters. The molecule has 0 fully saturated rings. The molecule has 0 radical (unpaired) electrons. The zero-order chi connectivity index (χ0) is 15.3. The number of halogens is 1. The molecule has 0 aliphatic heterocycles. The third-order valence-electron chi connectivity index (χ3n) is 3.73. The van der Waals surface area contributed by atoms with E-state index in [1.807, 2.05) is 6.92 Å². The van der Waals surface area contributed by atoms with Gasteiger partial charge in [-0.15, -0.1) is 12.4 Å². The lowest BCUT2D eigenvalue weighted by molar-refractivity contribution is -0.125. The summed E-state index contributed by atoms with van der Waals surface area (Å²) in [5, 5.41) is 3.11. The van der Waals surface area contributed by atoms with Crippen LogP contribution in [0.2, 0.25) is 0 Å². The van der Waals surface area contributed by atoms with Crippen LogP contribution in [0.1, 0.15) is 57.7 Å². The molecule has 1 aromatic carbocycles. The molecule has 1 rings (SSSR count). The number of benzene rings is 1. The molecular weight excluding hydrogens is 284 g/mol. The van der Waals surface area contributed by atoms with Crippen molar-refractivity contribution in [3.8, 4) is 0 Å². The van der Waals surface area contributed by atoms with E-state index in [0.717, 1.165) is 5.56 Å². The summed E-state index contributed by atoms with van der Waals surface area (Å²) in [7, 11) is 0. The fourth-order valence-corrected chi connectivity index (χ4v) is 2.13. The number of nitrogens with two attached hydrogens (primary N) is 1. The molecule has 0 bridgehead atoms. The fraction of sp³-hybridized carbons (Fsp3) is 0.588. The second-order valence-electron chi connectivity index (χ2n) is 6.19. The van der Waals surface area contributed by atoms with Gasteiger partial charge in [0.1, 0.15) is 0 Å². The summed E-state index contributed by atoms with van der Waals surface area (Å²) in [5.41, 5.74) is 8.03. The Kier molecular flexibility index (Phi) is 8.60. The van der Waals surface area contributed by atoms with Crippen molar-refractivity contribution in [2.45, 2.75) is 46.6 Å². The van der Waals surface area contributed by atoms with Gasteiger partial charge in [-0.1, -0.05) is 58.9 Å². The molecule has 2 unspecified atom stereocenters. The summed E-state index contributed by atoms with van der Waals surface area (Å²) in [4.78, 5) is 12.0. The lowest BCUT2D eigenvalue weighted by Gasteiger charge is -2.25. The second-order valence-corrected chi connectivity index (χ2v) is 6.19. The molecule has 1 amide bonds. The molecule has 0 heterocycles. The summed E-state index contributed by atoms with van der Waals surface area (Å²) < 4.78 is 0. The van der Waals surface area contributed by atoms with Crippen LogP contribution < -0.4 is 11.1 Å². The van der Waals surface area contributed by atoms with E-state index in [1.54, 1.807) is 0 Å². The number of nitrogens with one attached hydrogen (secondary N) is 1. The first-order valence-corrected chi connectivity index (χ1v) is 7.47. The van der Waals surface area contributed by atoms with Crippen molar-refractivity contribution >= 4 is 18.3 Å². The van der Waals surface area contributed by atoms with E-state index >= 15 is 0 Å². The van der Waals surface area contributed by atoms with Gasteiger partial charge in [-0.25, -0.2) is 0 Å². The van der Waals surface area contributed by atoms with Crippen LogP contribution in [0.3, 0.4) is 0 Å². The summed E-state index contributed by atoms with van der Waals surface area (Å²) in [6.07, 6.45) is 0. The zero-order valence-corrected chi connectivity index (χ0v) is 14.5. The number of amides is 1. The molecule has 3 nitrogen and oxygen atoms in total. The monoisotopic (exact) mass is 312 g/mol. The lowest BCUT2D eigenvalue weighted by Crippen LogP contribution is -2.37. The van der Waals surface area contributed by atoms with E-state index in [2.05, 4.69) is 57.3 Å². The highest BCUT2D eigenvalue weighted by molar-refractivity contribution is 5.85. The van der Waals surface area contributed by atoms with Crippen LogP contribution in [0.5, 0.6) is 0 Å². The van der Waals surface area contributed by atoms with Gasteiger partial charge in [-0.3, -0.25) is 4.79 Å². The molecule has 0 aliphatic rings. The van der Waals surface area contributed by atoms with Crippen LogP contribution in [0.4, 0.5) is 0 Å². The number of hydrogen-bond acceptors (Lipinski definition) is 2. The molecule has 4 heteroatoms. The first-order chi connectivity index (χ1) is 9.36. The Labute approximate surface area is 135 Å². The van der Waals surface area contributed by atoms with Gasteiger partial charge in [0.05, 0.1) is 6.04 Å². The SMILES string of the molecule is CC(CN)C(=O)NC(c1ccc(C(C)C)cc1)C(C)C.Cl. The molecule has 0 aromatic heterocycles. The van der Waals surface area contributed by atoms with Gasteiger partial charge in [0.25, 0.3) is 0 Å². The van der Waals surface area contributed by atoms with Crippen LogP contribution in [-0.4, -0.2) is 12.5 Å². The van der Waals surface area contributed by atoms with E-state index in [0.29, 0.717) is 18.4 Å². The Hall–Kier alpha value is -1.06. The normalized spacial score (nSPS) is 13.7. The van der Waals surface area contributed by atoms with Crippen molar-refractivity contribution in [2.24, 2.45) is 17.6 Å². The van der Waals surface area contributed by atoms with Crippen molar-refractivity contribution < 1.29 is 4.79 Å². The summed E-state index contributed by atoms with van der Waals surface area (Å²) >= 11 is 0. The van der Waals surface area contributed by atoms with Crippen LogP contribution in [0.15, 0.2) is 24.3 Å². The maximum Gasteiger partial charge on any atom is 0.224 e. The maximum atomic E-state index is 12.0. The molecule has 0 spiro atoms. The predicted octanol–water partition coefficient (Wildman–Crippen LogP) is 3.64. The second kappa shape index (κ2) is 9.06. The topological polar surface area (TPSA) is 55.1 Å². The van der Waals surface area contributed by atoms with Gasteiger partial charge >= 0.3 is 0 Å². The van der Waals surface area contributed by atoms with Crippen LogP contribution in [-0.2, 0) is 4.79 Å². The van der Waals surface area contributed by atoms with E-state index in [-0.39, 0.29) is 30.3 Å². The highest BCUT2D eigenvalue weighted by Crippen LogP contribution is 2.24. The Balaban J connectivity index is 0.00000400. The summed E-state index contributed by atoms with van der Waals surface area (Å²) in [5.74, 6) is 0.743. The highest BCUT2D eigenvalue weighted by atomic mass is 35.5. The minimum absolute atomic E-state index is 0. The van der Waals surface area contributed by atoms with E-state index in [9.17, 15) is 4.79 Å². The molecule has 1 aromatic rings. The van der Waals surface area contributed by atoms with Crippen LogP contribution in [0, 0.1) is 11.8 Å². The minimum Gasteiger partial charge on any atom is -0.349 e. The quantitative estimate of drug-likeness (QED) is 0.842. The number of carbonyl (C=O) groups is 1. The van der Waals surface area contributed by atoms with Crippen molar-refractivity contribution in [2.75, 3.05) is 6.54 Å². The average Bonchev–Trinajstić information content (AvgIpc) is 2.43. The minimum atomic E-state index is -0.147. The van der Waals surface area contributed by atoms with Crippen LogP contribution in [0.25, 0.3) is 0 Å². The van der Waals surface area contributed by atoms with E-state index < -0.39 is 0 Å². The van der Waals surface area contributed by atoms with Crippen molar-refractivity contribution in [1.82, 2.24) is 5.32 Å². The fourth-order valence-electron chi connectivity index (χ4n) is 2.13.